The average Bonchev–Trinajstić information content (AvgIpc) is 2.97. The van der Waals surface area contributed by atoms with Gasteiger partial charge in [-0.1, -0.05) is 36.6 Å². The SMILES string of the molecule is Cn1nc(Cl)c2c(C3(C(=O)O)CCCC3)cccc21. The summed E-state index contributed by atoms with van der Waals surface area (Å²) in [6.45, 7) is 0. The van der Waals surface area contributed by atoms with Crippen LogP contribution in [-0.4, -0.2) is 20.9 Å². The molecule has 3 rings (SSSR count). The summed E-state index contributed by atoms with van der Waals surface area (Å²) in [4.78, 5) is 11.8. The molecule has 1 aliphatic carbocycles. The monoisotopic (exact) mass is 278 g/mol. The van der Waals surface area contributed by atoms with Crippen molar-refractivity contribution < 1.29 is 9.90 Å². The molecule has 5 heteroatoms. The van der Waals surface area contributed by atoms with Gasteiger partial charge in [-0.05, 0) is 24.5 Å². The highest BCUT2D eigenvalue weighted by Gasteiger charge is 2.44. The quantitative estimate of drug-likeness (QED) is 0.918. The van der Waals surface area contributed by atoms with Gasteiger partial charge in [0.25, 0.3) is 0 Å². The summed E-state index contributed by atoms with van der Waals surface area (Å²) in [6, 6.07) is 5.69. The summed E-state index contributed by atoms with van der Waals surface area (Å²) in [5, 5.41) is 15.1. The standard InChI is InChI=1S/C14H15ClN2O2/c1-17-10-6-4-5-9(11(10)12(15)16-17)14(13(18)19)7-2-3-8-14/h4-6H,2-3,7-8H2,1H3,(H,18,19). The van der Waals surface area contributed by atoms with Gasteiger partial charge in [0.05, 0.1) is 10.9 Å². The lowest BCUT2D eigenvalue weighted by Crippen LogP contribution is -2.32. The molecule has 1 aromatic carbocycles. The fourth-order valence-electron chi connectivity index (χ4n) is 3.24. The summed E-state index contributed by atoms with van der Waals surface area (Å²) in [5.74, 6) is -0.752. The predicted octanol–water partition coefficient (Wildman–Crippen LogP) is 3.12. The van der Waals surface area contributed by atoms with Crippen molar-refractivity contribution in [2.75, 3.05) is 0 Å². The Morgan fingerprint density at radius 3 is 2.74 bits per heavy atom. The van der Waals surface area contributed by atoms with Crippen LogP contribution in [0.25, 0.3) is 10.9 Å². The van der Waals surface area contributed by atoms with Crippen LogP contribution >= 0.6 is 11.6 Å². The number of rotatable bonds is 2. The number of benzene rings is 1. The number of carboxylic acid groups (broad SMARTS) is 1. The number of aliphatic carboxylic acids is 1. The van der Waals surface area contributed by atoms with Crippen molar-refractivity contribution in [3.63, 3.8) is 0 Å². The number of carboxylic acids is 1. The molecule has 19 heavy (non-hydrogen) atoms. The predicted molar refractivity (Wildman–Crippen MR) is 73.5 cm³/mol. The molecule has 0 saturated heterocycles. The van der Waals surface area contributed by atoms with Crippen molar-refractivity contribution in [2.45, 2.75) is 31.1 Å². The van der Waals surface area contributed by atoms with Crippen molar-refractivity contribution in [1.82, 2.24) is 9.78 Å². The smallest absolute Gasteiger partial charge is 0.314 e. The molecule has 1 aromatic heterocycles. The van der Waals surface area contributed by atoms with E-state index in [4.69, 9.17) is 11.6 Å². The number of carbonyl (C=O) groups is 1. The van der Waals surface area contributed by atoms with Crippen LogP contribution in [0.2, 0.25) is 5.15 Å². The highest BCUT2D eigenvalue weighted by atomic mass is 35.5. The Morgan fingerprint density at radius 2 is 2.11 bits per heavy atom. The molecule has 1 heterocycles. The van der Waals surface area contributed by atoms with Gasteiger partial charge in [-0.25, -0.2) is 0 Å². The van der Waals surface area contributed by atoms with E-state index in [1.54, 1.807) is 4.68 Å². The van der Waals surface area contributed by atoms with E-state index >= 15 is 0 Å². The molecule has 0 spiro atoms. The molecule has 0 bridgehead atoms. The molecule has 1 N–H and O–H groups in total. The highest BCUT2D eigenvalue weighted by molar-refractivity contribution is 6.34. The lowest BCUT2D eigenvalue weighted by Gasteiger charge is -2.25. The van der Waals surface area contributed by atoms with Crippen LogP contribution < -0.4 is 0 Å². The fourth-order valence-corrected chi connectivity index (χ4v) is 3.55. The minimum absolute atomic E-state index is 0.389. The molecule has 0 radical (unpaired) electrons. The third-order valence-corrected chi connectivity index (χ3v) is 4.48. The van der Waals surface area contributed by atoms with Crippen LogP contribution in [0.15, 0.2) is 18.2 Å². The molecule has 0 amide bonds. The summed E-state index contributed by atoms with van der Waals surface area (Å²) in [7, 11) is 1.82. The summed E-state index contributed by atoms with van der Waals surface area (Å²) in [6.07, 6.45) is 3.24. The first-order valence-electron chi connectivity index (χ1n) is 6.41. The molecule has 2 aromatic rings. The van der Waals surface area contributed by atoms with Gasteiger partial charge in [-0.3, -0.25) is 9.48 Å². The number of nitrogens with zero attached hydrogens (tertiary/aromatic N) is 2. The molecular formula is C14H15ClN2O2. The van der Waals surface area contributed by atoms with E-state index in [0.29, 0.717) is 18.0 Å². The minimum atomic E-state index is -0.799. The number of aryl methyl sites for hydroxylation is 1. The van der Waals surface area contributed by atoms with E-state index in [1.807, 2.05) is 25.2 Å². The van der Waals surface area contributed by atoms with Crippen molar-refractivity contribution in [3.05, 3.63) is 28.9 Å². The van der Waals surface area contributed by atoms with Crippen LogP contribution in [0, 0.1) is 0 Å². The second-order valence-electron chi connectivity index (χ2n) is 5.21. The maximum Gasteiger partial charge on any atom is 0.314 e. The third kappa shape index (κ3) is 1.66. The minimum Gasteiger partial charge on any atom is -0.481 e. The van der Waals surface area contributed by atoms with E-state index in [-0.39, 0.29) is 0 Å². The Labute approximate surface area is 116 Å². The van der Waals surface area contributed by atoms with Gasteiger partial charge in [0.2, 0.25) is 0 Å². The molecule has 4 nitrogen and oxygen atoms in total. The number of halogens is 1. The van der Waals surface area contributed by atoms with Crippen LogP contribution in [-0.2, 0) is 17.3 Å². The van der Waals surface area contributed by atoms with E-state index in [0.717, 1.165) is 29.3 Å². The summed E-state index contributed by atoms with van der Waals surface area (Å²) >= 11 is 6.20. The topological polar surface area (TPSA) is 55.1 Å². The maximum absolute atomic E-state index is 11.8. The van der Waals surface area contributed by atoms with Crippen molar-refractivity contribution in [2.24, 2.45) is 7.05 Å². The first-order chi connectivity index (χ1) is 9.06. The Kier molecular flexibility index (Phi) is 2.78. The Hall–Kier alpha value is -1.55. The maximum atomic E-state index is 11.8. The number of fused-ring (bicyclic) bond motifs is 1. The zero-order chi connectivity index (χ0) is 13.6. The molecule has 1 aliphatic rings. The zero-order valence-corrected chi connectivity index (χ0v) is 11.4. The van der Waals surface area contributed by atoms with Gasteiger partial charge >= 0.3 is 5.97 Å². The van der Waals surface area contributed by atoms with E-state index < -0.39 is 11.4 Å². The van der Waals surface area contributed by atoms with Gasteiger partial charge in [-0.2, -0.15) is 5.10 Å². The number of hydrogen-bond donors (Lipinski definition) is 1. The van der Waals surface area contributed by atoms with Gasteiger partial charge in [0.15, 0.2) is 5.15 Å². The normalized spacial score (nSPS) is 18.0. The van der Waals surface area contributed by atoms with E-state index in [9.17, 15) is 9.90 Å². The first-order valence-corrected chi connectivity index (χ1v) is 6.79. The second-order valence-corrected chi connectivity index (χ2v) is 5.57. The number of aromatic nitrogens is 2. The molecular weight excluding hydrogens is 264 g/mol. The average molecular weight is 279 g/mol. The van der Waals surface area contributed by atoms with Crippen molar-refractivity contribution in [1.29, 1.82) is 0 Å². The van der Waals surface area contributed by atoms with Gasteiger partial charge < -0.3 is 5.11 Å². The lowest BCUT2D eigenvalue weighted by molar-refractivity contribution is -0.143. The van der Waals surface area contributed by atoms with Gasteiger partial charge in [0.1, 0.15) is 0 Å². The summed E-state index contributed by atoms with van der Waals surface area (Å²) in [5.41, 5.74) is 0.898. The van der Waals surface area contributed by atoms with Gasteiger partial charge in [-0.15, -0.1) is 0 Å². The van der Waals surface area contributed by atoms with E-state index in [2.05, 4.69) is 5.10 Å². The van der Waals surface area contributed by atoms with Crippen molar-refractivity contribution >= 4 is 28.5 Å². The molecule has 1 saturated carbocycles. The second kappa shape index (κ2) is 4.23. The van der Waals surface area contributed by atoms with Crippen molar-refractivity contribution in [3.8, 4) is 0 Å². The fraction of sp³-hybridized carbons (Fsp3) is 0.429. The molecule has 1 fully saturated rings. The lowest BCUT2D eigenvalue weighted by atomic mass is 9.77. The zero-order valence-electron chi connectivity index (χ0n) is 10.7. The van der Waals surface area contributed by atoms with Crippen LogP contribution in [0.3, 0.4) is 0 Å². The summed E-state index contributed by atoms with van der Waals surface area (Å²) < 4.78 is 1.70. The first kappa shape index (κ1) is 12.5. The molecule has 100 valence electrons. The van der Waals surface area contributed by atoms with Gasteiger partial charge in [0, 0.05) is 12.4 Å². The Balaban J connectivity index is 2.33. The Bertz CT molecular complexity index is 657. The largest absolute Gasteiger partial charge is 0.481 e. The van der Waals surface area contributed by atoms with Crippen LogP contribution in [0.1, 0.15) is 31.2 Å². The van der Waals surface area contributed by atoms with Crippen LogP contribution in [0.4, 0.5) is 0 Å². The van der Waals surface area contributed by atoms with E-state index in [1.165, 1.54) is 0 Å². The third-order valence-electron chi connectivity index (χ3n) is 4.22. The molecule has 0 aliphatic heterocycles. The highest BCUT2D eigenvalue weighted by Crippen LogP contribution is 2.45. The molecule has 0 unspecified atom stereocenters. The molecule has 0 atom stereocenters. The Morgan fingerprint density at radius 1 is 1.42 bits per heavy atom. The van der Waals surface area contributed by atoms with Crippen LogP contribution in [0.5, 0.6) is 0 Å². The number of hydrogen-bond acceptors (Lipinski definition) is 2.